The number of carbonyl (C=O) groups excluding carboxylic acids is 1. The van der Waals surface area contributed by atoms with E-state index in [9.17, 15) is 9.18 Å². The minimum atomic E-state index is -0.366. The van der Waals surface area contributed by atoms with E-state index in [-0.39, 0.29) is 11.7 Å². The molecule has 0 unspecified atom stereocenters. The first-order valence-electron chi connectivity index (χ1n) is 11.5. The minimum absolute atomic E-state index is 0.327. The average molecular weight is 490 g/mol. The quantitative estimate of drug-likeness (QED) is 0.270. The Labute approximate surface area is 209 Å². The van der Waals surface area contributed by atoms with Gasteiger partial charge in [-0.25, -0.2) is 4.39 Å². The first-order valence-corrected chi connectivity index (χ1v) is 11.5. The smallest absolute Gasteiger partial charge is 0.248 e. The number of rotatable bonds is 8. The van der Waals surface area contributed by atoms with Crippen molar-refractivity contribution >= 4 is 28.1 Å². The normalized spacial score (nSPS) is 11.4. The summed E-state index contributed by atoms with van der Waals surface area (Å²) in [5.41, 5.74) is 5.31. The summed E-state index contributed by atoms with van der Waals surface area (Å²) < 4.78 is 36.0. The molecule has 0 spiro atoms. The van der Waals surface area contributed by atoms with Crippen LogP contribution in [0.4, 0.5) is 10.1 Å². The largest absolute Gasteiger partial charge is 0.493 e. The van der Waals surface area contributed by atoms with Crippen molar-refractivity contribution in [2.75, 3.05) is 26.1 Å². The summed E-state index contributed by atoms with van der Waals surface area (Å²) in [4.78, 5) is 12.7. The number of methoxy groups -OCH3 is 2. The number of benzene rings is 3. The predicted octanol–water partition coefficient (Wildman–Crippen LogP) is 7.01. The first-order chi connectivity index (χ1) is 17.4. The average Bonchev–Trinajstić information content (AvgIpc) is 3.30. The Morgan fingerprint density at radius 1 is 1.06 bits per heavy atom. The molecular formula is C29H28FNO5. The zero-order chi connectivity index (χ0) is 25.8. The lowest BCUT2D eigenvalue weighted by molar-refractivity contribution is -0.111. The first kappa shape index (κ1) is 24.9. The van der Waals surface area contributed by atoms with E-state index in [0.717, 1.165) is 27.6 Å². The topological polar surface area (TPSA) is 69.9 Å². The van der Waals surface area contributed by atoms with Crippen LogP contribution in [0.15, 0.2) is 65.3 Å². The highest BCUT2D eigenvalue weighted by Gasteiger charge is 2.20. The molecule has 1 heterocycles. The third-order valence-corrected chi connectivity index (χ3v) is 5.91. The van der Waals surface area contributed by atoms with Crippen molar-refractivity contribution in [2.24, 2.45) is 0 Å². The summed E-state index contributed by atoms with van der Waals surface area (Å²) in [6.07, 6.45) is 3.21. The van der Waals surface area contributed by atoms with Gasteiger partial charge in [-0.15, -0.1) is 0 Å². The van der Waals surface area contributed by atoms with Crippen LogP contribution in [0.3, 0.4) is 0 Å². The molecule has 3 aromatic carbocycles. The van der Waals surface area contributed by atoms with E-state index in [1.165, 1.54) is 30.3 Å². The lowest BCUT2D eigenvalue weighted by Crippen LogP contribution is -2.09. The van der Waals surface area contributed by atoms with E-state index in [1.807, 2.05) is 45.0 Å². The molecule has 4 rings (SSSR count). The Morgan fingerprint density at radius 2 is 1.78 bits per heavy atom. The number of carbonyl (C=O) groups is 1. The Hall–Kier alpha value is -4.26. The van der Waals surface area contributed by atoms with Gasteiger partial charge < -0.3 is 23.9 Å². The lowest BCUT2D eigenvalue weighted by Gasteiger charge is -2.15. The summed E-state index contributed by atoms with van der Waals surface area (Å²) in [5.74, 6) is 1.21. The van der Waals surface area contributed by atoms with Crippen LogP contribution < -0.4 is 19.5 Å². The Bertz CT molecular complexity index is 1440. The molecule has 1 amide bonds. The van der Waals surface area contributed by atoms with Crippen molar-refractivity contribution in [3.8, 4) is 28.4 Å². The molecule has 0 fully saturated rings. The SMILES string of the molecule is CCOc1c(/C(C)=C/C(=O)Nc2ccc(F)cc2)cc2c(-c3ccc(OC)c(OC)c3)coc2c1C. The molecule has 0 bridgehead atoms. The van der Waals surface area contributed by atoms with Gasteiger partial charge in [-0.05, 0) is 74.4 Å². The summed E-state index contributed by atoms with van der Waals surface area (Å²) in [5, 5.41) is 3.64. The van der Waals surface area contributed by atoms with E-state index < -0.39 is 0 Å². The van der Waals surface area contributed by atoms with Gasteiger partial charge in [-0.2, -0.15) is 0 Å². The number of anilines is 1. The number of amides is 1. The summed E-state index contributed by atoms with van der Waals surface area (Å²) in [7, 11) is 3.19. The molecule has 0 aliphatic heterocycles. The number of nitrogens with one attached hydrogen (secondary N) is 1. The Kier molecular flexibility index (Phi) is 7.29. The van der Waals surface area contributed by atoms with Gasteiger partial charge in [0.25, 0.3) is 0 Å². The lowest BCUT2D eigenvalue weighted by atomic mass is 9.96. The highest BCUT2D eigenvalue weighted by atomic mass is 19.1. The Morgan fingerprint density at radius 3 is 2.44 bits per heavy atom. The van der Waals surface area contributed by atoms with Crippen molar-refractivity contribution in [1.82, 2.24) is 0 Å². The predicted molar refractivity (Wildman–Crippen MR) is 139 cm³/mol. The minimum Gasteiger partial charge on any atom is -0.493 e. The second-order valence-electron chi connectivity index (χ2n) is 8.23. The molecule has 0 saturated carbocycles. The molecule has 7 heteroatoms. The summed E-state index contributed by atoms with van der Waals surface area (Å²) >= 11 is 0. The molecule has 36 heavy (non-hydrogen) atoms. The van der Waals surface area contributed by atoms with Crippen molar-refractivity contribution < 1.29 is 27.8 Å². The van der Waals surface area contributed by atoms with Crippen LogP contribution in [0.1, 0.15) is 25.0 Å². The monoisotopic (exact) mass is 489 g/mol. The van der Waals surface area contributed by atoms with Gasteiger partial charge in [0.1, 0.15) is 17.1 Å². The van der Waals surface area contributed by atoms with E-state index >= 15 is 0 Å². The van der Waals surface area contributed by atoms with Gasteiger partial charge in [0, 0.05) is 33.8 Å². The molecule has 186 valence electrons. The number of hydrogen-bond acceptors (Lipinski definition) is 5. The van der Waals surface area contributed by atoms with Gasteiger partial charge in [-0.3, -0.25) is 4.79 Å². The number of ether oxygens (including phenoxy) is 3. The molecule has 1 N–H and O–H groups in total. The van der Waals surface area contributed by atoms with Crippen LogP contribution >= 0.6 is 0 Å². The van der Waals surface area contributed by atoms with E-state index in [2.05, 4.69) is 5.32 Å². The molecule has 0 aliphatic carbocycles. The number of aryl methyl sites for hydroxylation is 1. The van der Waals surface area contributed by atoms with E-state index in [4.69, 9.17) is 18.6 Å². The fourth-order valence-corrected chi connectivity index (χ4v) is 4.15. The zero-order valence-electron chi connectivity index (χ0n) is 20.9. The summed E-state index contributed by atoms with van der Waals surface area (Å²) in [6.45, 7) is 6.15. The van der Waals surface area contributed by atoms with Gasteiger partial charge in [0.2, 0.25) is 5.91 Å². The number of hydrogen-bond donors (Lipinski definition) is 1. The third kappa shape index (κ3) is 4.91. The van der Waals surface area contributed by atoms with E-state index in [1.54, 1.807) is 20.5 Å². The van der Waals surface area contributed by atoms with Crippen LogP contribution in [0, 0.1) is 12.7 Å². The number of halogens is 1. The highest BCUT2D eigenvalue weighted by Crippen LogP contribution is 2.42. The van der Waals surface area contributed by atoms with Gasteiger partial charge >= 0.3 is 0 Å². The molecule has 0 radical (unpaired) electrons. The van der Waals surface area contributed by atoms with Crippen LogP contribution in [0.5, 0.6) is 17.2 Å². The number of allylic oxidation sites excluding steroid dienone is 1. The van der Waals surface area contributed by atoms with Crippen molar-refractivity contribution in [3.05, 3.63) is 77.8 Å². The fourth-order valence-electron chi connectivity index (χ4n) is 4.15. The maximum absolute atomic E-state index is 13.2. The molecular weight excluding hydrogens is 461 g/mol. The van der Waals surface area contributed by atoms with Gasteiger partial charge in [0.15, 0.2) is 11.5 Å². The van der Waals surface area contributed by atoms with Crippen molar-refractivity contribution in [1.29, 1.82) is 0 Å². The molecule has 0 saturated heterocycles. The molecule has 6 nitrogen and oxygen atoms in total. The second kappa shape index (κ2) is 10.6. The van der Waals surface area contributed by atoms with Gasteiger partial charge in [0.05, 0.1) is 27.1 Å². The maximum atomic E-state index is 13.2. The van der Waals surface area contributed by atoms with Gasteiger partial charge in [-0.1, -0.05) is 6.07 Å². The number of furan rings is 1. The summed E-state index contributed by atoms with van der Waals surface area (Å²) in [6, 6.07) is 13.3. The molecule has 1 aromatic heterocycles. The fraction of sp³-hybridized carbons (Fsp3) is 0.207. The second-order valence-corrected chi connectivity index (χ2v) is 8.23. The number of fused-ring (bicyclic) bond motifs is 1. The Balaban J connectivity index is 1.79. The van der Waals surface area contributed by atoms with Crippen LogP contribution in [0.2, 0.25) is 0 Å². The van der Waals surface area contributed by atoms with Crippen molar-refractivity contribution in [2.45, 2.75) is 20.8 Å². The van der Waals surface area contributed by atoms with Crippen LogP contribution in [0.25, 0.3) is 27.7 Å². The maximum Gasteiger partial charge on any atom is 0.248 e. The van der Waals surface area contributed by atoms with Crippen molar-refractivity contribution in [3.63, 3.8) is 0 Å². The molecule has 4 aromatic rings. The third-order valence-electron chi connectivity index (χ3n) is 5.91. The molecule has 0 aliphatic rings. The zero-order valence-corrected chi connectivity index (χ0v) is 20.9. The highest BCUT2D eigenvalue weighted by molar-refractivity contribution is 6.06. The standard InChI is InChI=1S/C29H28FNO5/c1-6-35-28-18(3)29-23(24(16-36-29)19-7-12-25(33-4)26(14-19)34-5)15-22(28)17(2)13-27(32)31-21-10-8-20(30)9-11-21/h7-16H,6H2,1-5H3,(H,31,32)/b17-13+. The molecule has 0 atom stereocenters. The van der Waals surface area contributed by atoms with Crippen LogP contribution in [-0.2, 0) is 4.79 Å². The van der Waals surface area contributed by atoms with Crippen LogP contribution in [-0.4, -0.2) is 26.7 Å². The van der Waals surface area contributed by atoms with E-state index in [0.29, 0.717) is 40.7 Å².